The minimum absolute atomic E-state index is 0.0658. The number of likely N-dealkylation sites (tertiary alicyclic amines) is 1. The van der Waals surface area contributed by atoms with Crippen molar-refractivity contribution in [3.63, 3.8) is 0 Å². The van der Waals surface area contributed by atoms with Crippen LogP contribution in [0.15, 0.2) is 0 Å². The Morgan fingerprint density at radius 3 is 2.67 bits per heavy atom. The molecule has 0 aromatic rings. The third-order valence-electron chi connectivity index (χ3n) is 3.67. The van der Waals surface area contributed by atoms with Crippen molar-refractivity contribution in [3.8, 4) is 0 Å². The number of hydrogen-bond acceptors (Lipinski definition) is 3. The molecule has 1 rings (SSSR count). The number of likely N-dealkylation sites (N-methyl/N-ethyl adjacent to an activating group) is 1. The zero-order valence-electron chi connectivity index (χ0n) is 11.6. The summed E-state index contributed by atoms with van der Waals surface area (Å²) in [6, 6.07) is 0. The van der Waals surface area contributed by atoms with Gasteiger partial charge in [-0.1, -0.05) is 6.42 Å². The van der Waals surface area contributed by atoms with E-state index in [2.05, 4.69) is 0 Å². The first kappa shape index (κ1) is 15.0. The molecule has 0 aliphatic carbocycles. The van der Waals surface area contributed by atoms with Gasteiger partial charge in [0.05, 0.1) is 18.7 Å². The second-order valence-electron chi connectivity index (χ2n) is 5.55. The monoisotopic (exact) mass is 256 g/mol. The van der Waals surface area contributed by atoms with Crippen LogP contribution in [0.2, 0.25) is 0 Å². The number of amides is 2. The maximum absolute atomic E-state index is 12.1. The molecule has 0 unspecified atom stereocenters. The number of rotatable bonds is 4. The SMILES string of the molecule is CN(C(=O)CN1CCCCCC1=O)C(C)(C)CO. The van der Waals surface area contributed by atoms with Gasteiger partial charge in [-0.2, -0.15) is 0 Å². The van der Waals surface area contributed by atoms with Crippen molar-refractivity contribution in [1.82, 2.24) is 9.80 Å². The Morgan fingerprint density at radius 2 is 2.06 bits per heavy atom. The predicted molar refractivity (Wildman–Crippen MR) is 69.0 cm³/mol. The van der Waals surface area contributed by atoms with Crippen LogP contribution >= 0.6 is 0 Å². The van der Waals surface area contributed by atoms with E-state index in [4.69, 9.17) is 0 Å². The van der Waals surface area contributed by atoms with Gasteiger partial charge in [0.25, 0.3) is 0 Å². The van der Waals surface area contributed by atoms with Gasteiger partial charge in [-0.15, -0.1) is 0 Å². The summed E-state index contributed by atoms with van der Waals surface area (Å²) in [5.74, 6) is -0.0552. The van der Waals surface area contributed by atoms with Crippen LogP contribution in [0.1, 0.15) is 39.5 Å². The Hall–Kier alpha value is -1.10. The number of nitrogens with zero attached hydrogens (tertiary/aromatic N) is 2. The first-order chi connectivity index (χ1) is 8.38. The summed E-state index contributed by atoms with van der Waals surface area (Å²) < 4.78 is 0. The van der Waals surface area contributed by atoms with Gasteiger partial charge >= 0.3 is 0 Å². The minimum Gasteiger partial charge on any atom is -0.394 e. The second kappa shape index (κ2) is 6.18. The van der Waals surface area contributed by atoms with E-state index in [9.17, 15) is 14.7 Å². The Kier molecular flexibility index (Phi) is 5.14. The van der Waals surface area contributed by atoms with Crippen molar-refractivity contribution in [2.45, 2.75) is 45.1 Å². The maximum Gasteiger partial charge on any atom is 0.242 e. The van der Waals surface area contributed by atoms with Crippen molar-refractivity contribution in [2.24, 2.45) is 0 Å². The Morgan fingerprint density at radius 1 is 1.39 bits per heavy atom. The molecule has 5 heteroatoms. The van der Waals surface area contributed by atoms with E-state index in [1.165, 1.54) is 4.90 Å². The van der Waals surface area contributed by atoms with Crippen molar-refractivity contribution in [1.29, 1.82) is 0 Å². The van der Waals surface area contributed by atoms with E-state index in [1.807, 2.05) is 0 Å². The molecule has 0 atom stereocenters. The number of aliphatic hydroxyl groups is 1. The number of carbonyl (C=O) groups excluding carboxylic acids is 2. The molecule has 18 heavy (non-hydrogen) atoms. The van der Waals surface area contributed by atoms with Gasteiger partial charge < -0.3 is 14.9 Å². The molecule has 0 aromatic heterocycles. The molecule has 1 aliphatic heterocycles. The third-order valence-corrected chi connectivity index (χ3v) is 3.67. The smallest absolute Gasteiger partial charge is 0.242 e. The lowest BCUT2D eigenvalue weighted by Gasteiger charge is -2.35. The number of carbonyl (C=O) groups is 2. The van der Waals surface area contributed by atoms with Gasteiger partial charge in [0.15, 0.2) is 0 Å². The predicted octanol–water partition coefficient (Wildman–Crippen LogP) is 0.618. The Balaban J connectivity index is 2.60. The molecule has 1 saturated heterocycles. The van der Waals surface area contributed by atoms with E-state index in [1.54, 1.807) is 25.8 Å². The molecule has 1 fully saturated rings. The molecule has 104 valence electrons. The van der Waals surface area contributed by atoms with Crippen LogP contribution in [-0.4, -0.2) is 59.0 Å². The Bertz CT molecular complexity index is 315. The lowest BCUT2D eigenvalue weighted by molar-refractivity contribution is -0.143. The fourth-order valence-electron chi connectivity index (χ4n) is 1.92. The lowest BCUT2D eigenvalue weighted by Crippen LogP contribution is -2.51. The summed E-state index contributed by atoms with van der Waals surface area (Å²) in [7, 11) is 1.67. The van der Waals surface area contributed by atoms with Gasteiger partial charge in [0.1, 0.15) is 0 Å². The quantitative estimate of drug-likeness (QED) is 0.802. The summed E-state index contributed by atoms with van der Waals surface area (Å²) in [5, 5.41) is 9.24. The average molecular weight is 256 g/mol. The van der Waals surface area contributed by atoms with E-state index < -0.39 is 5.54 Å². The fraction of sp³-hybridized carbons (Fsp3) is 0.846. The van der Waals surface area contributed by atoms with E-state index in [0.717, 1.165) is 19.3 Å². The summed E-state index contributed by atoms with van der Waals surface area (Å²) >= 11 is 0. The van der Waals surface area contributed by atoms with Crippen LogP contribution in [0.4, 0.5) is 0 Å². The molecule has 0 aromatic carbocycles. The standard InChI is InChI=1S/C13H24N2O3/c1-13(2,10-16)14(3)12(18)9-15-8-6-4-5-7-11(15)17/h16H,4-10H2,1-3H3. The Labute approximate surface area is 109 Å². The summed E-state index contributed by atoms with van der Waals surface area (Å²) in [4.78, 5) is 27.1. The van der Waals surface area contributed by atoms with Crippen molar-refractivity contribution in [3.05, 3.63) is 0 Å². The largest absolute Gasteiger partial charge is 0.394 e. The van der Waals surface area contributed by atoms with Crippen LogP contribution in [0.3, 0.4) is 0 Å². The number of hydrogen-bond donors (Lipinski definition) is 1. The molecule has 0 saturated carbocycles. The molecule has 0 radical (unpaired) electrons. The van der Waals surface area contributed by atoms with Crippen molar-refractivity contribution >= 4 is 11.8 Å². The molecule has 1 aliphatic rings. The van der Waals surface area contributed by atoms with E-state index >= 15 is 0 Å². The molecule has 1 N–H and O–H groups in total. The highest BCUT2D eigenvalue weighted by molar-refractivity contribution is 5.85. The summed E-state index contributed by atoms with van der Waals surface area (Å²) in [5.41, 5.74) is -0.591. The molecule has 0 spiro atoms. The average Bonchev–Trinajstić information content (AvgIpc) is 2.54. The summed E-state index contributed by atoms with van der Waals surface area (Å²) in [6.45, 7) is 4.30. The molecule has 1 heterocycles. The van der Waals surface area contributed by atoms with Crippen LogP contribution in [0, 0.1) is 0 Å². The van der Waals surface area contributed by atoms with E-state index in [0.29, 0.717) is 13.0 Å². The zero-order valence-corrected chi connectivity index (χ0v) is 11.6. The number of aliphatic hydroxyl groups excluding tert-OH is 1. The van der Waals surface area contributed by atoms with Gasteiger partial charge in [0, 0.05) is 20.0 Å². The normalized spacial score (nSPS) is 17.6. The minimum atomic E-state index is -0.591. The van der Waals surface area contributed by atoms with Crippen LogP contribution in [-0.2, 0) is 9.59 Å². The highest BCUT2D eigenvalue weighted by Gasteiger charge is 2.29. The van der Waals surface area contributed by atoms with Crippen LogP contribution in [0.5, 0.6) is 0 Å². The topological polar surface area (TPSA) is 60.9 Å². The van der Waals surface area contributed by atoms with Gasteiger partial charge in [-0.25, -0.2) is 0 Å². The third kappa shape index (κ3) is 3.70. The van der Waals surface area contributed by atoms with Gasteiger partial charge in [-0.3, -0.25) is 9.59 Å². The van der Waals surface area contributed by atoms with Crippen LogP contribution < -0.4 is 0 Å². The van der Waals surface area contributed by atoms with Crippen LogP contribution in [0.25, 0.3) is 0 Å². The zero-order chi connectivity index (χ0) is 13.8. The molecule has 2 amide bonds. The maximum atomic E-state index is 12.1. The molecular weight excluding hydrogens is 232 g/mol. The first-order valence-electron chi connectivity index (χ1n) is 6.54. The van der Waals surface area contributed by atoms with Crippen molar-refractivity contribution < 1.29 is 14.7 Å². The summed E-state index contributed by atoms with van der Waals surface area (Å²) in [6.07, 6.45) is 3.47. The molecule has 5 nitrogen and oxygen atoms in total. The second-order valence-corrected chi connectivity index (χ2v) is 5.55. The fourth-order valence-corrected chi connectivity index (χ4v) is 1.92. The van der Waals surface area contributed by atoms with Crippen molar-refractivity contribution in [2.75, 3.05) is 26.7 Å². The highest BCUT2D eigenvalue weighted by atomic mass is 16.3. The molecule has 0 bridgehead atoms. The highest BCUT2D eigenvalue weighted by Crippen LogP contribution is 2.14. The van der Waals surface area contributed by atoms with Gasteiger partial charge in [0.2, 0.25) is 11.8 Å². The lowest BCUT2D eigenvalue weighted by atomic mass is 10.1. The van der Waals surface area contributed by atoms with E-state index in [-0.39, 0.29) is 25.0 Å². The molecular formula is C13H24N2O3. The van der Waals surface area contributed by atoms with Gasteiger partial charge in [-0.05, 0) is 26.7 Å². The first-order valence-corrected chi connectivity index (χ1v) is 6.54.